The number of pyridine rings is 1. The van der Waals surface area contributed by atoms with Gasteiger partial charge >= 0.3 is 5.97 Å². The number of carboxylic acids is 1. The molecule has 1 aromatic carbocycles. The predicted molar refractivity (Wildman–Crippen MR) is 136 cm³/mol. The summed E-state index contributed by atoms with van der Waals surface area (Å²) in [5.41, 5.74) is 0.711. The molecule has 1 amide bonds. The lowest BCUT2D eigenvalue weighted by molar-refractivity contribution is -0.140. The van der Waals surface area contributed by atoms with E-state index >= 15 is 0 Å². The normalized spacial score (nSPS) is 29.1. The first kappa shape index (κ1) is 24.6. The fourth-order valence-corrected chi connectivity index (χ4v) is 8.90. The van der Waals surface area contributed by atoms with Crippen molar-refractivity contribution in [3.05, 3.63) is 53.7 Å². The summed E-state index contributed by atoms with van der Waals surface area (Å²) in [4.78, 5) is 28.9. The van der Waals surface area contributed by atoms with Gasteiger partial charge in [0.1, 0.15) is 5.82 Å². The Morgan fingerprint density at radius 2 is 1.62 bits per heavy atom. The van der Waals surface area contributed by atoms with Gasteiger partial charge < -0.3 is 15.2 Å². The smallest absolute Gasteiger partial charge is 0.337 e. The zero-order valence-corrected chi connectivity index (χ0v) is 21.5. The van der Waals surface area contributed by atoms with E-state index in [0.29, 0.717) is 25.0 Å². The lowest BCUT2D eigenvalue weighted by atomic mass is 9.50. The summed E-state index contributed by atoms with van der Waals surface area (Å²) in [7, 11) is -3.33. The molecule has 0 radical (unpaired) electrons. The van der Waals surface area contributed by atoms with E-state index in [2.05, 4.69) is 10.3 Å². The second-order valence-corrected chi connectivity index (χ2v) is 13.9. The third kappa shape index (κ3) is 4.91. The fourth-order valence-electron chi connectivity index (χ4n) is 7.24. The molecule has 196 valence electrons. The molecule has 7 rings (SSSR count). The molecule has 5 aliphatic rings. The van der Waals surface area contributed by atoms with Crippen molar-refractivity contribution in [1.29, 1.82) is 0 Å². The van der Waals surface area contributed by atoms with Crippen LogP contribution in [0.15, 0.2) is 47.5 Å². The molecule has 1 atom stereocenters. The van der Waals surface area contributed by atoms with Gasteiger partial charge in [0.2, 0.25) is 0 Å². The number of amides is 1. The number of carbonyl (C=O) groups excluding carboxylic acids is 1. The van der Waals surface area contributed by atoms with E-state index in [1.807, 2.05) is 0 Å². The standard InChI is InChI=1S/C28H32N2O6S/c31-26(30-24-8-3-21(15-29-24)27(32)33)25(20-1-4-22(5-2-20)37(34,35)23-6-7-23)36-16-28-12-17-9-18(13-28)11-19(10-17)14-28/h1-5,8,15,17-19,23,25H,6-7,9-14,16H2,(H,32,33)(H,29,30,31). The van der Waals surface area contributed by atoms with Crippen LogP contribution in [0.3, 0.4) is 0 Å². The summed E-state index contributed by atoms with van der Waals surface area (Å²) in [6, 6.07) is 9.30. The maximum atomic E-state index is 13.4. The van der Waals surface area contributed by atoms with E-state index < -0.39 is 27.8 Å². The molecule has 4 bridgehead atoms. The number of rotatable bonds is 9. The number of carboxylic acid groups (broad SMARTS) is 1. The molecule has 0 saturated heterocycles. The Bertz CT molecular complexity index is 1270. The van der Waals surface area contributed by atoms with Gasteiger partial charge in [0.15, 0.2) is 15.9 Å². The van der Waals surface area contributed by atoms with Crippen LogP contribution in [0.4, 0.5) is 5.82 Å². The zero-order valence-electron chi connectivity index (χ0n) is 20.6. The van der Waals surface area contributed by atoms with Crippen LogP contribution in [-0.2, 0) is 19.4 Å². The van der Waals surface area contributed by atoms with Crippen molar-refractivity contribution in [3.8, 4) is 0 Å². The molecule has 2 N–H and O–H groups in total. The number of ether oxygens (including phenoxy) is 1. The van der Waals surface area contributed by atoms with E-state index in [1.165, 1.54) is 37.6 Å². The van der Waals surface area contributed by atoms with Crippen molar-refractivity contribution >= 4 is 27.5 Å². The monoisotopic (exact) mass is 524 g/mol. The van der Waals surface area contributed by atoms with Gasteiger partial charge in [-0.1, -0.05) is 12.1 Å². The number of anilines is 1. The van der Waals surface area contributed by atoms with Crippen molar-refractivity contribution in [3.63, 3.8) is 0 Å². The highest BCUT2D eigenvalue weighted by Crippen LogP contribution is 2.60. The van der Waals surface area contributed by atoms with Crippen molar-refractivity contribution in [2.24, 2.45) is 23.2 Å². The first-order chi connectivity index (χ1) is 17.7. The molecular formula is C28H32N2O6S. The maximum Gasteiger partial charge on any atom is 0.337 e. The molecule has 5 fully saturated rings. The number of benzene rings is 1. The van der Waals surface area contributed by atoms with Gasteiger partial charge in [-0.2, -0.15) is 0 Å². The van der Waals surface area contributed by atoms with Crippen LogP contribution in [0.25, 0.3) is 0 Å². The number of sulfone groups is 1. The van der Waals surface area contributed by atoms with Crippen LogP contribution in [0.2, 0.25) is 0 Å². The maximum absolute atomic E-state index is 13.4. The summed E-state index contributed by atoms with van der Waals surface area (Å²) < 4.78 is 31.7. The highest BCUT2D eigenvalue weighted by molar-refractivity contribution is 7.92. The van der Waals surface area contributed by atoms with Crippen LogP contribution in [0, 0.1) is 23.2 Å². The van der Waals surface area contributed by atoms with E-state index in [1.54, 1.807) is 24.3 Å². The molecule has 0 aliphatic heterocycles. The summed E-state index contributed by atoms with van der Waals surface area (Å²) in [5, 5.41) is 11.6. The van der Waals surface area contributed by atoms with Crippen LogP contribution in [-0.4, -0.2) is 42.2 Å². The van der Waals surface area contributed by atoms with E-state index in [-0.39, 0.29) is 26.9 Å². The predicted octanol–water partition coefficient (Wildman–Crippen LogP) is 4.63. The van der Waals surface area contributed by atoms with E-state index in [4.69, 9.17) is 9.84 Å². The number of hydrogen-bond acceptors (Lipinski definition) is 6. The number of aromatic carboxylic acids is 1. The quantitative estimate of drug-likeness (QED) is 0.490. The molecule has 1 unspecified atom stereocenters. The number of nitrogens with one attached hydrogen (secondary N) is 1. The Labute approximate surface area is 216 Å². The second-order valence-electron chi connectivity index (χ2n) is 11.6. The summed E-state index contributed by atoms with van der Waals surface area (Å²) in [6.07, 6.45) is 9.02. The Hall–Kier alpha value is -2.78. The lowest BCUT2D eigenvalue weighted by Crippen LogP contribution is -2.48. The minimum atomic E-state index is -3.33. The zero-order chi connectivity index (χ0) is 25.8. The molecule has 5 aliphatic carbocycles. The Balaban J connectivity index is 1.23. The lowest BCUT2D eigenvalue weighted by Gasteiger charge is -2.56. The SMILES string of the molecule is O=C(O)c1ccc(NC(=O)C(OCC23CC4CC(CC(C4)C2)C3)c2ccc(S(=O)(=O)C3CC3)cc2)nc1. The first-order valence-corrected chi connectivity index (χ1v) is 14.7. The topological polar surface area (TPSA) is 123 Å². The van der Waals surface area contributed by atoms with Crippen molar-refractivity contribution in [2.45, 2.75) is 67.6 Å². The van der Waals surface area contributed by atoms with Crippen LogP contribution in [0.5, 0.6) is 0 Å². The second kappa shape index (κ2) is 9.20. The molecule has 9 heteroatoms. The molecule has 1 aromatic heterocycles. The van der Waals surface area contributed by atoms with Crippen molar-refractivity contribution in [1.82, 2.24) is 4.98 Å². The molecular weight excluding hydrogens is 492 g/mol. The summed E-state index contributed by atoms with van der Waals surface area (Å²) in [6.45, 7) is 0.488. The minimum absolute atomic E-state index is 0.0278. The molecule has 0 spiro atoms. The molecule has 8 nitrogen and oxygen atoms in total. The third-order valence-electron chi connectivity index (χ3n) is 8.70. The number of aromatic nitrogens is 1. The van der Waals surface area contributed by atoms with Crippen LogP contribution < -0.4 is 5.32 Å². The molecule has 5 saturated carbocycles. The Kier molecular flexibility index (Phi) is 6.11. The van der Waals surface area contributed by atoms with Crippen LogP contribution in [0.1, 0.15) is 73.4 Å². The largest absolute Gasteiger partial charge is 0.478 e. The van der Waals surface area contributed by atoms with Gasteiger partial charge in [0, 0.05) is 6.20 Å². The van der Waals surface area contributed by atoms with Crippen molar-refractivity contribution in [2.75, 3.05) is 11.9 Å². The molecule has 1 heterocycles. The fraction of sp³-hybridized carbons (Fsp3) is 0.536. The number of hydrogen-bond donors (Lipinski definition) is 2. The van der Waals surface area contributed by atoms with Gasteiger partial charge in [-0.3, -0.25) is 4.79 Å². The van der Waals surface area contributed by atoms with Gasteiger partial charge in [-0.15, -0.1) is 0 Å². The molecule has 2 aromatic rings. The van der Waals surface area contributed by atoms with Gasteiger partial charge in [0.25, 0.3) is 5.91 Å². The summed E-state index contributed by atoms with van der Waals surface area (Å²) in [5.74, 6) is 0.982. The first-order valence-electron chi connectivity index (χ1n) is 13.2. The minimum Gasteiger partial charge on any atom is -0.478 e. The Morgan fingerprint density at radius 1 is 1.00 bits per heavy atom. The number of nitrogens with zero attached hydrogens (tertiary/aromatic N) is 1. The van der Waals surface area contributed by atoms with Gasteiger partial charge in [-0.25, -0.2) is 18.2 Å². The van der Waals surface area contributed by atoms with Gasteiger partial charge in [0.05, 0.1) is 22.3 Å². The summed E-state index contributed by atoms with van der Waals surface area (Å²) >= 11 is 0. The average Bonchev–Trinajstić information content (AvgIpc) is 3.70. The van der Waals surface area contributed by atoms with E-state index in [0.717, 1.165) is 37.0 Å². The number of carbonyl (C=O) groups is 2. The van der Waals surface area contributed by atoms with Crippen LogP contribution >= 0.6 is 0 Å². The highest BCUT2D eigenvalue weighted by atomic mass is 32.2. The highest BCUT2D eigenvalue weighted by Gasteiger charge is 2.51. The Morgan fingerprint density at radius 3 is 2.14 bits per heavy atom. The van der Waals surface area contributed by atoms with E-state index in [9.17, 15) is 18.0 Å². The molecule has 37 heavy (non-hydrogen) atoms. The third-order valence-corrected chi connectivity index (χ3v) is 11.0. The average molecular weight is 525 g/mol. The van der Waals surface area contributed by atoms with Gasteiger partial charge in [-0.05, 0) is 104 Å². The van der Waals surface area contributed by atoms with Crippen molar-refractivity contribution < 1.29 is 27.9 Å².